The van der Waals surface area contributed by atoms with E-state index in [9.17, 15) is 9.59 Å². The van der Waals surface area contributed by atoms with Gasteiger partial charge in [-0.05, 0) is 93.5 Å². The van der Waals surface area contributed by atoms with Crippen molar-refractivity contribution in [2.45, 2.75) is 31.5 Å². The Balaban J connectivity index is 0.000000172. The molecular weight excluding hydrogens is 716 g/mol. The summed E-state index contributed by atoms with van der Waals surface area (Å²) in [5, 5.41) is 3.26. The molecule has 0 amide bonds. The minimum Gasteiger partial charge on any atom is -0.493 e. The lowest BCUT2D eigenvalue weighted by Gasteiger charge is -2.29. The van der Waals surface area contributed by atoms with Gasteiger partial charge in [-0.3, -0.25) is 18.4 Å². The van der Waals surface area contributed by atoms with Gasteiger partial charge in [0.05, 0.1) is 52.2 Å². The molecule has 1 atom stereocenters. The smallest absolute Gasteiger partial charge is 0.258 e. The van der Waals surface area contributed by atoms with Crippen molar-refractivity contribution in [3.05, 3.63) is 106 Å². The van der Waals surface area contributed by atoms with Crippen LogP contribution in [0.3, 0.4) is 0 Å². The van der Waals surface area contributed by atoms with Gasteiger partial charge in [-0.25, -0.2) is 9.97 Å². The molecule has 14 nitrogen and oxygen atoms in total. The summed E-state index contributed by atoms with van der Waals surface area (Å²) in [6.45, 7) is 3.82. The highest BCUT2D eigenvalue weighted by molar-refractivity contribution is 5.67. The SMILES string of the molecule is COc1ccc(-c2cc(=O)n3cc(OC4CCN(C)CC4)ccc3n2)cc1OC.COc1ccc(-c2cc(=O)n3cc(O[C@H]4CCNC4)ccc3n2)cc1OC. The number of piperidine rings is 1. The Morgan fingerprint density at radius 2 is 1.07 bits per heavy atom. The standard InChI is InChI=1S/C22H25N3O4.C20H21N3O4/c1-24-10-8-16(9-11-24)29-17-5-7-21-23-18(13-22(26)25(21)14-17)15-4-6-19(27-2)20(12-15)28-3;1-25-17-5-3-13(9-18(17)26-2)16-10-20(24)23-12-15(4-6-19(23)22-16)27-14-7-8-21-11-14/h4-7,12-14,16H,8-11H2,1-3H3;3-6,9-10,12,14,21H,7-8,11H2,1-2H3/t;14-/m.0/s1. The molecule has 14 heteroatoms. The summed E-state index contributed by atoms with van der Waals surface area (Å²) in [5.41, 5.74) is 3.53. The van der Waals surface area contributed by atoms with E-state index < -0.39 is 0 Å². The Morgan fingerprint density at radius 1 is 0.589 bits per heavy atom. The van der Waals surface area contributed by atoms with Gasteiger partial charge in [0.15, 0.2) is 23.0 Å². The lowest BCUT2D eigenvalue weighted by molar-refractivity contribution is 0.114. The Bertz CT molecular complexity index is 2440. The van der Waals surface area contributed by atoms with Gasteiger partial charge in [-0.2, -0.15) is 0 Å². The maximum atomic E-state index is 12.7. The molecular formula is C42H46N6O8. The normalized spacial score (nSPS) is 15.9. The van der Waals surface area contributed by atoms with Crippen LogP contribution in [0.25, 0.3) is 33.8 Å². The molecule has 4 aromatic heterocycles. The van der Waals surface area contributed by atoms with Crippen LogP contribution in [0, 0.1) is 0 Å². The summed E-state index contributed by atoms with van der Waals surface area (Å²) in [6, 6.07) is 21.3. The van der Waals surface area contributed by atoms with E-state index in [1.54, 1.807) is 59.0 Å². The largest absolute Gasteiger partial charge is 0.493 e. The van der Waals surface area contributed by atoms with Crippen molar-refractivity contribution in [2.24, 2.45) is 0 Å². The van der Waals surface area contributed by atoms with Crippen molar-refractivity contribution in [1.29, 1.82) is 0 Å². The number of hydrogen-bond acceptors (Lipinski definition) is 12. The highest BCUT2D eigenvalue weighted by Crippen LogP contribution is 2.33. The Labute approximate surface area is 324 Å². The number of fused-ring (bicyclic) bond motifs is 2. The molecule has 0 aliphatic carbocycles. The highest BCUT2D eigenvalue weighted by Gasteiger charge is 2.19. The molecule has 0 bridgehead atoms. The third-order valence-corrected chi connectivity index (χ3v) is 9.91. The third-order valence-electron chi connectivity index (χ3n) is 9.91. The number of aromatic nitrogens is 4. The van der Waals surface area contributed by atoms with Gasteiger partial charge < -0.3 is 38.6 Å². The van der Waals surface area contributed by atoms with Gasteiger partial charge in [-0.15, -0.1) is 0 Å². The predicted molar refractivity (Wildman–Crippen MR) is 213 cm³/mol. The first kappa shape index (κ1) is 38.2. The maximum Gasteiger partial charge on any atom is 0.258 e. The summed E-state index contributed by atoms with van der Waals surface area (Å²) in [4.78, 5) is 36.9. The van der Waals surface area contributed by atoms with E-state index in [2.05, 4.69) is 27.2 Å². The fraction of sp³-hybridized carbons (Fsp3) is 0.333. The van der Waals surface area contributed by atoms with Crippen molar-refractivity contribution < 1.29 is 28.4 Å². The van der Waals surface area contributed by atoms with Gasteiger partial charge in [0.2, 0.25) is 0 Å². The fourth-order valence-electron chi connectivity index (χ4n) is 6.81. The zero-order chi connectivity index (χ0) is 39.2. The van der Waals surface area contributed by atoms with E-state index in [4.69, 9.17) is 28.4 Å². The summed E-state index contributed by atoms with van der Waals surface area (Å²) in [7, 11) is 8.44. The molecule has 0 saturated carbocycles. The average molecular weight is 763 g/mol. The summed E-state index contributed by atoms with van der Waals surface area (Å²) >= 11 is 0. The van der Waals surface area contributed by atoms with Crippen LogP contribution in [0.5, 0.6) is 34.5 Å². The summed E-state index contributed by atoms with van der Waals surface area (Å²) in [6.07, 6.45) is 6.67. The number of rotatable bonds is 10. The fourth-order valence-corrected chi connectivity index (χ4v) is 6.81. The number of methoxy groups -OCH3 is 4. The van der Waals surface area contributed by atoms with Crippen molar-refractivity contribution in [3.63, 3.8) is 0 Å². The van der Waals surface area contributed by atoms with Crippen LogP contribution >= 0.6 is 0 Å². The van der Waals surface area contributed by atoms with E-state index in [-0.39, 0.29) is 23.3 Å². The number of hydrogen-bond donors (Lipinski definition) is 1. The molecule has 2 fully saturated rings. The van der Waals surface area contributed by atoms with E-state index in [0.717, 1.165) is 56.6 Å². The van der Waals surface area contributed by atoms with Crippen LogP contribution in [0.2, 0.25) is 0 Å². The van der Waals surface area contributed by atoms with Crippen LogP contribution in [-0.2, 0) is 0 Å². The van der Waals surface area contributed by atoms with E-state index >= 15 is 0 Å². The van der Waals surface area contributed by atoms with E-state index in [1.807, 2.05) is 42.5 Å². The number of ether oxygens (including phenoxy) is 6. The highest BCUT2D eigenvalue weighted by atomic mass is 16.5. The molecule has 0 radical (unpaired) electrons. The van der Waals surface area contributed by atoms with Crippen LogP contribution in [0.15, 0.2) is 94.8 Å². The number of benzene rings is 2. The lowest BCUT2D eigenvalue weighted by atomic mass is 10.1. The van der Waals surface area contributed by atoms with Crippen LogP contribution in [0.4, 0.5) is 0 Å². The second kappa shape index (κ2) is 17.1. The monoisotopic (exact) mass is 762 g/mol. The zero-order valence-electron chi connectivity index (χ0n) is 32.2. The number of nitrogens with zero attached hydrogens (tertiary/aromatic N) is 5. The Kier molecular flexibility index (Phi) is 11.7. The van der Waals surface area contributed by atoms with Crippen molar-refractivity contribution in [3.8, 4) is 57.0 Å². The molecule has 8 rings (SSSR count). The van der Waals surface area contributed by atoms with Crippen LogP contribution < -0.4 is 44.9 Å². The second-order valence-electron chi connectivity index (χ2n) is 13.6. The molecule has 2 aliphatic rings. The molecule has 2 saturated heterocycles. The van der Waals surface area contributed by atoms with Gasteiger partial charge in [-0.1, -0.05) is 0 Å². The van der Waals surface area contributed by atoms with E-state index in [0.29, 0.717) is 57.2 Å². The molecule has 2 aromatic carbocycles. The maximum absolute atomic E-state index is 12.7. The molecule has 0 unspecified atom stereocenters. The van der Waals surface area contributed by atoms with Crippen LogP contribution in [-0.4, -0.2) is 97.5 Å². The van der Waals surface area contributed by atoms with Crippen LogP contribution in [0.1, 0.15) is 19.3 Å². The average Bonchev–Trinajstić information content (AvgIpc) is 3.74. The lowest BCUT2D eigenvalue weighted by Crippen LogP contribution is -2.35. The Morgan fingerprint density at radius 3 is 1.52 bits per heavy atom. The van der Waals surface area contributed by atoms with Gasteiger partial charge in [0.25, 0.3) is 11.1 Å². The first-order valence-corrected chi connectivity index (χ1v) is 18.5. The number of likely N-dealkylation sites (tertiary alicyclic amines) is 1. The summed E-state index contributed by atoms with van der Waals surface area (Å²) in [5.74, 6) is 3.79. The topological polar surface area (TPSA) is 139 Å². The molecule has 292 valence electrons. The summed E-state index contributed by atoms with van der Waals surface area (Å²) < 4.78 is 36.3. The van der Waals surface area contributed by atoms with E-state index in [1.165, 1.54) is 20.9 Å². The minimum absolute atomic E-state index is 0.136. The van der Waals surface area contributed by atoms with Crippen molar-refractivity contribution in [1.82, 2.24) is 29.0 Å². The first-order valence-electron chi connectivity index (χ1n) is 18.5. The Hall–Kier alpha value is -6.12. The molecule has 0 spiro atoms. The van der Waals surface area contributed by atoms with Crippen molar-refractivity contribution in [2.75, 3.05) is 61.7 Å². The van der Waals surface area contributed by atoms with Gasteiger partial charge in [0.1, 0.15) is 35.0 Å². The second-order valence-corrected chi connectivity index (χ2v) is 13.6. The minimum atomic E-state index is -0.167. The number of pyridine rings is 2. The quantitative estimate of drug-likeness (QED) is 0.202. The molecule has 2 aliphatic heterocycles. The molecule has 56 heavy (non-hydrogen) atoms. The zero-order valence-corrected chi connectivity index (χ0v) is 32.2. The van der Waals surface area contributed by atoms with Gasteiger partial charge >= 0.3 is 0 Å². The first-order chi connectivity index (χ1) is 27.2. The van der Waals surface area contributed by atoms with Crippen molar-refractivity contribution >= 4 is 11.3 Å². The molecule has 1 N–H and O–H groups in total. The molecule has 6 heterocycles. The molecule has 6 aromatic rings. The predicted octanol–water partition coefficient (Wildman–Crippen LogP) is 4.97. The van der Waals surface area contributed by atoms with Gasteiger partial charge in [0, 0.05) is 42.9 Å². The third kappa shape index (κ3) is 8.56. The number of nitrogens with one attached hydrogen (secondary N) is 1.